The average molecular weight is 311 g/mol. The predicted molar refractivity (Wildman–Crippen MR) is 91.6 cm³/mol. The van der Waals surface area contributed by atoms with Crippen LogP contribution in [0.15, 0.2) is 30.3 Å². The fourth-order valence-corrected chi connectivity index (χ4v) is 3.95. The highest BCUT2D eigenvalue weighted by Gasteiger charge is 2.26. The molecule has 1 N–H and O–H groups in total. The van der Waals surface area contributed by atoms with Gasteiger partial charge in [-0.1, -0.05) is 23.4 Å². The van der Waals surface area contributed by atoms with Gasteiger partial charge in [0.1, 0.15) is 0 Å². The first-order valence-corrected chi connectivity index (χ1v) is 8.73. The zero-order valence-electron chi connectivity index (χ0n) is 13.8. The van der Waals surface area contributed by atoms with E-state index in [1.165, 1.54) is 36.3 Å². The van der Waals surface area contributed by atoms with Gasteiger partial charge in [0, 0.05) is 44.3 Å². The summed E-state index contributed by atoms with van der Waals surface area (Å²) in [5.74, 6) is 0. The van der Waals surface area contributed by atoms with E-state index < -0.39 is 0 Å². The quantitative estimate of drug-likeness (QED) is 0.941. The van der Waals surface area contributed by atoms with Gasteiger partial charge in [0.15, 0.2) is 0 Å². The summed E-state index contributed by atoms with van der Waals surface area (Å²) >= 11 is 0. The number of para-hydroxylation sites is 1. The minimum absolute atomic E-state index is 0.562. The third-order valence-electron chi connectivity index (χ3n) is 5.28. The van der Waals surface area contributed by atoms with Crippen molar-refractivity contribution in [1.29, 1.82) is 0 Å². The molecule has 1 fully saturated rings. The summed E-state index contributed by atoms with van der Waals surface area (Å²) in [6.45, 7) is 2.29. The molecule has 122 valence electrons. The van der Waals surface area contributed by atoms with Gasteiger partial charge in [0.25, 0.3) is 0 Å². The van der Waals surface area contributed by atoms with Gasteiger partial charge in [-0.05, 0) is 37.8 Å². The van der Waals surface area contributed by atoms with Crippen LogP contribution in [0.3, 0.4) is 0 Å². The maximum Gasteiger partial charge on any atom is 0.0874 e. The second kappa shape index (κ2) is 6.32. The summed E-state index contributed by atoms with van der Waals surface area (Å²) in [6.07, 6.45) is 5.77. The molecule has 0 bridgehead atoms. The molecule has 0 radical (unpaired) electrons. The zero-order valence-corrected chi connectivity index (χ0v) is 13.8. The minimum Gasteiger partial charge on any atom is -0.371 e. The Hall–Kier alpha value is -1.88. The Bertz CT molecular complexity index is 643. The highest BCUT2D eigenvalue weighted by molar-refractivity contribution is 5.46. The number of anilines is 1. The third-order valence-corrected chi connectivity index (χ3v) is 5.28. The van der Waals surface area contributed by atoms with E-state index in [-0.39, 0.29) is 0 Å². The van der Waals surface area contributed by atoms with Crippen LogP contribution >= 0.6 is 0 Å². The molecule has 5 nitrogen and oxygen atoms in total. The normalized spacial score (nSPS) is 22.1. The smallest absolute Gasteiger partial charge is 0.0874 e. The van der Waals surface area contributed by atoms with Crippen LogP contribution in [0.25, 0.3) is 0 Å². The molecule has 1 atom stereocenters. The third kappa shape index (κ3) is 3.11. The summed E-state index contributed by atoms with van der Waals surface area (Å²) < 4.78 is 1.93. The fraction of sp³-hybridized carbons (Fsp3) is 0.556. The van der Waals surface area contributed by atoms with E-state index in [4.69, 9.17) is 0 Å². The van der Waals surface area contributed by atoms with Crippen LogP contribution in [0.5, 0.6) is 0 Å². The Morgan fingerprint density at radius 2 is 1.83 bits per heavy atom. The van der Waals surface area contributed by atoms with E-state index in [9.17, 15) is 0 Å². The maximum absolute atomic E-state index is 4.32. The highest BCUT2D eigenvalue weighted by atomic mass is 15.4. The second-order valence-corrected chi connectivity index (χ2v) is 6.81. The molecule has 1 aromatic heterocycles. The second-order valence-electron chi connectivity index (χ2n) is 6.81. The summed E-state index contributed by atoms with van der Waals surface area (Å²) in [5, 5.41) is 12.3. The Kier molecular flexibility index (Phi) is 4.04. The van der Waals surface area contributed by atoms with E-state index in [2.05, 4.69) is 50.9 Å². The monoisotopic (exact) mass is 311 g/mol. The Morgan fingerprint density at radius 1 is 1.04 bits per heavy atom. The average Bonchev–Trinajstić information content (AvgIpc) is 2.97. The van der Waals surface area contributed by atoms with Crippen LogP contribution in [0.1, 0.15) is 30.7 Å². The first-order valence-electron chi connectivity index (χ1n) is 8.73. The molecule has 2 aliphatic rings. The molecule has 1 aliphatic heterocycles. The van der Waals surface area contributed by atoms with Crippen molar-refractivity contribution in [1.82, 2.24) is 20.3 Å². The van der Waals surface area contributed by atoms with Gasteiger partial charge in [-0.2, -0.15) is 0 Å². The largest absolute Gasteiger partial charge is 0.371 e. The van der Waals surface area contributed by atoms with Crippen LogP contribution < -0.4 is 10.2 Å². The molecule has 0 amide bonds. The van der Waals surface area contributed by atoms with E-state index in [1.807, 2.05) is 11.7 Å². The van der Waals surface area contributed by atoms with Crippen molar-refractivity contribution in [2.75, 3.05) is 18.0 Å². The van der Waals surface area contributed by atoms with Gasteiger partial charge >= 0.3 is 0 Å². The molecular weight excluding hydrogens is 286 g/mol. The fourth-order valence-electron chi connectivity index (χ4n) is 3.95. The van der Waals surface area contributed by atoms with Crippen LogP contribution in [-0.4, -0.2) is 40.2 Å². The molecule has 23 heavy (non-hydrogen) atoms. The Balaban J connectivity index is 1.30. The van der Waals surface area contributed by atoms with Crippen molar-refractivity contribution in [2.45, 2.75) is 44.2 Å². The maximum atomic E-state index is 4.32. The molecule has 1 unspecified atom stereocenters. The van der Waals surface area contributed by atoms with Crippen LogP contribution in [0.4, 0.5) is 5.69 Å². The molecule has 5 heteroatoms. The first-order chi connectivity index (χ1) is 11.3. The van der Waals surface area contributed by atoms with Crippen molar-refractivity contribution >= 4 is 5.69 Å². The lowest BCUT2D eigenvalue weighted by Crippen LogP contribution is -2.47. The van der Waals surface area contributed by atoms with Crippen LogP contribution in [0.2, 0.25) is 0 Å². The number of hydrogen-bond acceptors (Lipinski definition) is 4. The lowest BCUT2D eigenvalue weighted by atomic mass is 9.93. The van der Waals surface area contributed by atoms with Crippen molar-refractivity contribution < 1.29 is 0 Å². The Labute approximate surface area is 137 Å². The first kappa shape index (κ1) is 14.7. The number of fused-ring (bicyclic) bond motifs is 1. The van der Waals surface area contributed by atoms with E-state index >= 15 is 0 Å². The SMILES string of the molecule is Cn1nnc2c1CCC(NC1CCN(c3ccccc3)CC1)C2. The van der Waals surface area contributed by atoms with Gasteiger partial charge in [-0.3, -0.25) is 4.68 Å². The molecule has 1 aliphatic carbocycles. The summed E-state index contributed by atoms with van der Waals surface area (Å²) in [5.41, 5.74) is 3.87. The van der Waals surface area contributed by atoms with Gasteiger partial charge in [-0.25, -0.2) is 0 Å². The molecule has 0 saturated carbocycles. The molecule has 2 heterocycles. The van der Waals surface area contributed by atoms with Gasteiger partial charge < -0.3 is 10.2 Å². The molecule has 1 aromatic carbocycles. The van der Waals surface area contributed by atoms with Crippen LogP contribution in [-0.2, 0) is 19.9 Å². The Morgan fingerprint density at radius 3 is 2.61 bits per heavy atom. The molecular formula is C18H25N5. The number of aryl methyl sites for hydroxylation is 1. The highest BCUT2D eigenvalue weighted by Crippen LogP contribution is 2.22. The summed E-state index contributed by atoms with van der Waals surface area (Å²) in [7, 11) is 2.00. The van der Waals surface area contributed by atoms with Crippen molar-refractivity contribution in [3.05, 3.63) is 41.7 Å². The van der Waals surface area contributed by atoms with Gasteiger partial charge in [0.2, 0.25) is 0 Å². The molecule has 0 spiro atoms. The van der Waals surface area contributed by atoms with Crippen molar-refractivity contribution in [2.24, 2.45) is 7.05 Å². The lowest BCUT2D eigenvalue weighted by molar-refractivity contribution is 0.342. The van der Waals surface area contributed by atoms with E-state index in [0.29, 0.717) is 12.1 Å². The number of hydrogen-bond donors (Lipinski definition) is 1. The number of nitrogens with one attached hydrogen (secondary N) is 1. The standard InChI is InChI=1S/C18H25N5/c1-22-18-8-7-15(13-17(18)20-21-22)19-14-9-11-23(12-10-14)16-5-3-2-4-6-16/h2-6,14-15,19H,7-13H2,1H3. The summed E-state index contributed by atoms with van der Waals surface area (Å²) in [6, 6.07) is 12.0. The van der Waals surface area contributed by atoms with Gasteiger partial charge in [-0.15, -0.1) is 5.10 Å². The van der Waals surface area contributed by atoms with Crippen molar-refractivity contribution in [3.63, 3.8) is 0 Å². The number of piperidine rings is 1. The lowest BCUT2D eigenvalue weighted by Gasteiger charge is -2.36. The summed E-state index contributed by atoms with van der Waals surface area (Å²) in [4.78, 5) is 2.50. The number of nitrogens with zero attached hydrogens (tertiary/aromatic N) is 4. The predicted octanol–water partition coefficient (Wildman–Crippen LogP) is 1.93. The molecule has 4 rings (SSSR count). The molecule has 2 aromatic rings. The van der Waals surface area contributed by atoms with E-state index in [1.54, 1.807) is 0 Å². The van der Waals surface area contributed by atoms with Crippen LogP contribution in [0, 0.1) is 0 Å². The minimum atomic E-state index is 0.562. The van der Waals surface area contributed by atoms with Gasteiger partial charge in [0.05, 0.1) is 11.4 Å². The number of aromatic nitrogens is 3. The topological polar surface area (TPSA) is 46.0 Å². The zero-order chi connectivity index (χ0) is 15.6. The molecule has 1 saturated heterocycles. The van der Waals surface area contributed by atoms with E-state index in [0.717, 1.165) is 25.9 Å². The van der Waals surface area contributed by atoms with Crippen molar-refractivity contribution in [3.8, 4) is 0 Å². The number of rotatable bonds is 3. The number of benzene rings is 1.